The molecule has 6 nitrogen and oxygen atoms in total. The van der Waals surface area contributed by atoms with Crippen molar-refractivity contribution in [1.29, 1.82) is 0 Å². The van der Waals surface area contributed by atoms with E-state index in [1.807, 2.05) is 0 Å². The van der Waals surface area contributed by atoms with Crippen LogP contribution in [-0.4, -0.2) is 75.3 Å². The fourth-order valence-corrected chi connectivity index (χ4v) is 2.97. The van der Waals surface area contributed by atoms with Crippen molar-refractivity contribution >= 4 is 16.0 Å². The van der Waals surface area contributed by atoms with Crippen LogP contribution >= 0.6 is 0 Å². The maximum Gasteiger partial charge on any atom is 0.422 e. The Hall–Kier alpha value is -0.940. The lowest BCUT2D eigenvalue weighted by Gasteiger charge is -2.27. The first kappa shape index (κ1) is 22.1. The van der Waals surface area contributed by atoms with Crippen molar-refractivity contribution in [3.8, 4) is 0 Å². The average molecular weight is 367 g/mol. The topological polar surface area (TPSA) is 83.5 Å². The molecule has 0 fully saturated rings. The van der Waals surface area contributed by atoms with E-state index >= 15 is 0 Å². The summed E-state index contributed by atoms with van der Waals surface area (Å²) in [4.78, 5) is 10.6. The average Bonchev–Trinajstić information content (AvgIpc) is 2.30. The molecule has 0 heterocycles. The Bertz CT molecular complexity index is 504. The predicted octanol–water partition coefficient (Wildman–Crippen LogP) is 1.14. The zero-order valence-corrected chi connectivity index (χ0v) is 14.1. The first-order valence-electron chi connectivity index (χ1n) is 6.85. The van der Waals surface area contributed by atoms with Gasteiger partial charge in [0.1, 0.15) is 0 Å². The minimum Gasteiger partial charge on any atom is -0.477 e. The lowest BCUT2D eigenvalue weighted by atomic mass is 10.1. The number of likely N-dealkylation sites (N-methyl/N-ethyl adjacent to an activating group) is 1. The number of alkyl halides is 4. The molecule has 0 radical (unpaired) electrons. The minimum atomic E-state index is -5.12. The van der Waals surface area contributed by atoms with E-state index in [-0.39, 0.29) is 17.6 Å². The Morgan fingerprint density at radius 2 is 1.74 bits per heavy atom. The molecular weight excluding hydrogens is 344 g/mol. The molecule has 0 rings (SSSR count). The molecule has 0 aromatic carbocycles. The van der Waals surface area contributed by atoms with Gasteiger partial charge < -0.3 is 9.59 Å². The van der Waals surface area contributed by atoms with E-state index in [0.717, 1.165) is 0 Å². The van der Waals surface area contributed by atoms with Crippen LogP contribution < -0.4 is 4.72 Å². The Balaban J connectivity index is 4.28. The molecule has 0 saturated heterocycles. The molecule has 0 aromatic rings. The molecule has 0 aliphatic carbocycles. The molecular formula is C12H23F4N2O4S+. The lowest BCUT2D eigenvalue weighted by molar-refractivity contribution is -0.883. The molecule has 138 valence electrons. The SMILES string of the molecule is CC(F)(CCS(=O)(=O)NCCC[N+](C)(C)CC(=O)O)C(F)(F)F. The number of carbonyl (C=O) groups is 1. The molecule has 0 spiro atoms. The molecule has 23 heavy (non-hydrogen) atoms. The van der Waals surface area contributed by atoms with Crippen LogP contribution in [0.2, 0.25) is 0 Å². The normalized spacial score (nSPS) is 16.1. The number of carboxylic acids is 1. The standard InChI is InChI=1S/C12H22F4N2O4S/c1-11(13,12(14,15)16)5-8-23(21,22)17-6-4-7-18(2,3)9-10(19)20/h17H,4-9H2,1-3H3/p+1. The van der Waals surface area contributed by atoms with Crippen LogP contribution in [0, 0.1) is 0 Å². The second kappa shape index (κ2) is 7.75. The van der Waals surface area contributed by atoms with Crippen molar-refractivity contribution in [2.75, 3.05) is 39.5 Å². The number of sulfonamides is 1. The van der Waals surface area contributed by atoms with Crippen LogP contribution in [0.1, 0.15) is 19.8 Å². The van der Waals surface area contributed by atoms with Gasteiger partial charge in [-0.3, -0.25) is 0 Å². The summed E-state index contributed by atoms with van der Waals surface area (Å²) in [6.45, 7) is 0.462. The monoisotopic (exact) mass is 367 g/mol. The molecule has 1 unspecified atom stereocenters. The van der Waals surface area contributed by atoms with Gasteiger partial charge in [0.2, 0.25) is 15.7 Å². The Kier molecular flexibility index (Phi) is 7.44. The van der Waals surface area contributed by atoms with Gasteiger partial charge in [-0.25, -0.2) is 22.3 Å². The molecule has 0 amide bonds. The van der Waals surface area contributed by atoms with Gasteiger partial charge in [0, 0.05) is 19.4 Å². The summed E-state index contributed by atoms with van der Waals surface area (Å²) in [7, 11) is -0.723. The number of nitrogens with zero attached hydrogens (tertiary/aromatic N) is 1. The number of aliphatic carboxylic acids is 1. The maximum absolute atomic E-state index is 13.3. The summed E-state index contributed by atoms with van der Waals surface area (Å²) >= 11 is 0. The van der Waals surface area contributed by atoms with E-state index in [1.54, 1.807) is 14.1 Å². The summed E-state index contributed by atoms with van der Waals surface area (Å²) in [6.07, 6.45) is -6.01. The van der Waals surface area contributed by atoms with Gasteiger partial charge in [0.25, 0.3) is 0 Å². The Labute approximate surface area is 133 Å². The highest BCUT2D eigenvalue weighted by molar-refractivity contribution is 7.89. The zero-order chi connectivity index (χ0) is 18.5. The summed E-state index contributed by atoms with van der Waals surface area (Å²) in [5.74, 6) is -1.97. The maximum atomic E-state index is 13.3. The van der Waals surface area contributed by atoms with Crippen molar-refractivity contribution < 1.29 is 40.4 Å². The number of halogens is 4. The molecule has 0 bridgehead atoms. The van der Waals surface area contributed by atoms with Crippen LogP contribution in [0.25, 0.3) is 0 Å². The molecule has 0 aromatic heterocycles. The minimum absolute atomic E-state index is 0.0569. The van der Waals surface area contributed by atoms with Crippen LogP contribution in [0.3, 0.4) is 0 Å². The van der Waals surface area contributed by atoms with Crippen molar-refractivity contribution in [2.24, 2.45) is 0 Å². The number of rotatable bonds is 10. The number of hydrogen-bond donors (Lipinski definition) is 2. The zero-order valence-electron chi connectivity index (χ0n) is 13.3. The van der Waals surface area contributed by atoms with E-state index in [9.17, 15) is 30.8 Å². The fourth-order valence-electron chi connectivity index (χ4n) is 1.72. The highest BCUT2D eigenvalue weighted by atomic mass is 32.2. The highest BCUT2D eigenvalue weighted by Gasteiger charge is 2.52. The van der Waals surface area contributed by atoms with Gasteiger partial charge in [-0.2, -0.15) is 13.2 Å². The van der Waals surface area contributed by atoms with E-state index in [4.69, 9.17) is 5.11 Å². The van der Waals surface area contributed by atoms with Gasteiger partial charge in [0.05, 0.1) is 26.4 Å². The molecule has 0 aliphatic rings. The largest absolute Gasteiger partial charge is 0.477 e. The van der Waals surface area contributed by atoms with Gasteiger partial charge in [-0.15, -0.1) is 0 Å². The molecule has 11 heteroatoms. The van der Waals surface area contributed by atoms with Crippen LogP contribution in [0.4, 0.5) is 17.6 Å². The summed E-state index contributed by atoms with van der Waals surface area (Å²) in [5, 5.41) is 8.69. The van der Waals surface area contributed by atoms with E-state index < -0.39 is 40.0 Å². The van der Waals surface area contributed by atoms with E-state index in [1.165, 1.54) is 0 Å². The third-order valence-corrected chi connectivity index (χ3v) is 4.64. The van der Waals surface area contributed by atoms with Gasteiger partial charge in [0.15, 0.2) is 6.54 Å². The fraction of sp³-hybridized carbons (Fsp3) is 0.917. The van der Waals surface area contributed by atoms with E-state index in [2.05, 4.69) is 4.72 Å². The predicted molar refractivity (Wildman–Crippen MR) is 76.1 cm³/mol. The van der Waals surface area contributed by atoms with Gasteiger partial charge in [-0.1, -0.05) is 0 Å². The number of carboxylic acid groups (broad SMARTS) is 1. The van der Waals surface area contributed by atoms with Crippen LogP contribution in [0.5, 0.6) is 0 Å². The molecule has 0 saturated carbocycles. The summed E-state index contributed by atoms with van der Waals surface area (Å²) in [6, 6.07) is 0. The summed E-state index contributed by atoms with van der Waals surface area (Å²) in [5.41, 5.74) is -3.57. The van der Waals surface area contributed by atoms with Gasteiger partial charge >= 0.3 is 12.1 Å². The first-order chi connectivity index (χ1) is 10.1. The number of nitrogens with one attached hydrogen (secondary N) is 1. The third-order valence-electron chi connectivity index (χ3n) is 3.26. The number of hydrogen-bond acceptors (Lipinski definition) is 3. The smallest absolute Gasteiger partial charge is 0.422 e. The van der Waals surface area contributed by atoms with Crippen molar-refractivity contribution in [3.05, 3.63) is 0 Å². The number of quaternary nitrogens is 1. The Morgan fingerprint density at radius 3 is 2.17 bits per heavy atom. The second-order valence-electron chi connectivity index (χ2n) is 6.22. The highest BCUT2D eigenvalue weighted by Crippen LogP contribution is 2.36. The van der Waals surface area contributed by atoms with Crippen molar-refractivity contribution in [1.82, 2.24) is 4.72 Å². The van der Waals surface area contributed by atoms with Crippen molar-refractivity contribution in [2.45, 2.75) is 31.6 Å². The lowest BCUT2D eigenvalue weighted by Crippen LogP contribution is -2.45. The quantitative estimate of drug-likeness (QED) is 0.345. The van der Waals surface area contributed by atoms with E-state index in [0.29, 0.717) is 19.9 Å². The molecule has 1 atom stereocenters. The Morgan fingerprint density at radius 1 is 1.22 bits per heavy atom. The molecule has 0 aliphatic heterocycles. The third kappa shape index (κ3) is 9.06. The first-order valence-corrected chi connectivity index (χ1v) is 8.50. The molecule has 2 N–H and O–H groups in total. The van der Waals surface area contributed by atoms with Gasteiger partial charge in [-0.05, 0) is 6.92 Å². The van der Waals surface area contributed by atoms with Crippen LogP contribution in [0.15, 0.2) is 0 Å². The second-order valence-corrected chi connectivity index (χ2v) is 8.15. The summed E-state index contributed by atoms with van der Waals surface area (Å²) < 4.78 is 75.6. The van der Waals surface area contributed by atoms with Crippen molar-refractivity contribution in [3.63, 3.8) is 0 Å². The van der Waals surface area contributed by atoms with Crippen LogP contribution in [-0.2, 0) is 14.8 Å².